The van der Waals surface area contributed by atoms with E-state index < -0.39 is 0 Å². The third-order valence-electron chi connectivity index (χ3n) is 3.33. The van der Waals surface area contributed by atoms with E-state index in [0.29, 0.717) is 5.92 Å². The van der Waals surface area contributed by atoms with Gasteiger partial charge >= 0.3 is 0 Å². The molecule has 0 aliphatic carbocycles. The van der Waals surface area contributed by atoms with Gasteiger partial charge in [0.2, 0.25) is 0 Å². The van der Waals surface area contributed by atoms with Crippen molar-refractivity contribution in [1.29, 1.82) is 0 Å². The molecule has 0 radical (unpaired) electrons. The van der Waals surface area contributed by atoms with Gasteiger partial charge in [-0.05, 0) is 55.8 Å². The third kappa shape index (κ3) is 3.07. The second-order valence-corrected chi connectivity index (χ2v) is 5.75. The fraction of sp³-hybridized carbons (Fsp3) is 0.615. The van der Waals surface area contributed by atoms with Crippen LogP contribution in [0, 0.1) is 12.8 Å². The van der Waals surface area contributed by atoms with Gasteiger partial charge in [0.05, 0.1) is 4.88 Å². The van der Waals surface area contributed by atoms with Gasteiger partial charge in [-0.25, -0.2) is 0 Å². The van der Waals surface area contributed by atoms with Crippen LogP contribution in [-0.4, -0.2) is 37.5 Å². The third-order valence-corrected chi connectivity index (χ3v) is 4.34. The average molecular weight is 252 g/mol. The van der Waals surface area contributed by atoms with Gasteiger partial charge in [0.25, 0.3) is 5.91 Å². The van der Waals surface area contributed by atoms with Gasteiger partial charge in [0.15, 0.2) is 0 Å². The largest absolute Gasteiger partial charge is 0.341 e. The lowest BCUT2D eigenvalue weighted by atomic mass is 9.99. The lowest BCUT2D eigenvalue weighted by Gasteiger charge is -2.27. The summed E-state index contributed by atoms with van der Waals surface area (Å²) in [5.41, 5.74) is 1.09. The van der Waals surface area contributed by atoms with Crippen LogP contribution in [-0.2, 0) is 0 Å². The Balaban J connectivity index is 1.93. The maximum atomic E-state index is 12.2. The Hall–Kier alpha value is -0.870. The number of amides is 1. The molecule has 2 rings (SSSR count). The van der Waals surface area contributed by atoms with E-state index in [1.165, 1.54) is 12.8 Å². The molecule has 0 spiro atoms. The summed E-state index contributed by atoms with van der Waals surface area (Å²) in [6.45, 7) is 5.03. The summed E-state index contributed by atoms with van der Waals surface area (Å²) < 4.78 is 0. The van der Waals surface area contributed by atoms with E-state index in [9.17, 15) is 4.79 Å². The van der Waals surface area contributed by atoms with Gasteiger partial charge in [-0.3, -0.25) is 4.79 Å². The predicted octanol–water partition coefficient (Wildman–Crippen LogP) is 2.13. The van der Waals surface area contributed by atoms with Crippen LogP contribution >= 0.6 is 11.3 Å². The number of aryl methyl sites for hydroxylation is 1. The van der Waals surface area contributed by atoms with Crippen molar-refractivity contribution >= 4 is 17.2 Å². The molecule has 1 atom stereocenters. The van der Waals surface area contributed by atoms with Crippen molar-refractivity contribution in [3.8, 4) is 0 Å². The summed E-state index contributed by atoms with van der Waals surface area (Å²) in [5.74, 6) is 0.779. The van der Waals surface area contributed by atoms with Crippen molar-refractivity contribution < 1.29 is 4.79 Å². The molecule has 1 N–H and O–H groups in total. The first-order chi connectivity index (χ1) is 8.18. The zero-order chi connectivity index (χ0) is 12.3. The van der Waals surface area contributed by atoms with Crippen LogP contribution < -0.4 is 5.32 Å². The second kappa shape index (κ2) is 5.65. The summed E-state index contributed by atoms with van der Waals surface area (Å²) in [6, 6.07) is 2.01. The van der Waals surface area contributed by atoms with E-state index in [0.717, 1.165) is 30.1 Å². The minimum absolute atomic E-state index is 0.170. The Labute approximate surface area is 107 Å². The van der Waals surface area contributed by atoms with Crippen molar-refractivity contribution in [2.24, 2.45) is 5.92 Å². The molecule has 0 unspecified atom stereocenters. The fourth-order valence-electron chi connectivity index (χ4n) is 2.32. The van der Waals surface area contributed by atoms with Gasteiger partial charge in [0.1, 0.15) is 0 Å². The van der Waals surface area contributed by atoms with Crippen LogP contribution in [0.3, 0.4) is 0 Å². The number of hydrogen-bond acceptors (Lipinski definition) is 3. The zero-order valence-corrected chi connectivity index (χ0v) is 11.3. The Kier molecular flexibility index (Phi) is 4.18. The number of thiophene rings is 1. The number of carbonyl (C=O) groups is 1. The van der Waals surface area contributed by atoms with Crippen molar-refractivity contribution in [3.05, 3.63) is 21.9 Å². The molecule has 1 fully saturated rings. The number of nitrogens with zero attached hydrogens (tertiary/aromatic N) is 1. The van der Waals surface area contributed by atoms with Crippen molar-refractivity contribution in [3.63, 3.8) is 0 Å². The molecule has 1 aliphatic rings. The average Bonchev–Trinajstić information content (AvgIpc) is 2.76. The van der Waals surface area contributed by atoms with Gasteiger partial charge in [0, 0.05) is 13.6 Å². The predicted molar refractivity (Wildman–Crippen MR) is 71.6 cm³/mol. The monoisotopic (exact) mass is 252 g/mol. The number of nitrogens with one attached hydrogen (secondary N) is 1. The summed E-state index contributed by atoms with van der Waals surface area (Å²) in [5, 5.41) is 5.37. The first kappa shape index (κ1) is 12.6. The highest BCUT2D eigenvalue weighted by Gasteiger charge is 2.20. The molecule has 1 amide bonds. The highest BCUT2D eigenvalue weighted by molar-refractivity contribution is 7.12. The smallest absolute Gasteiger partial charge is 0.263 e. The Morgan fingerprint density at radius 2 is 2.47 bits per heavy atom. The van der Waals surface area contributed by atoms with Crippen LogP contribution in [0.2, 0.25) is 0 Å². The topological polar surface area (TPSA) is 32.3 Å². The maximum Gasteiger partial charge on any atom is 0.263 e. The van der Waals surface area contributed by atoms with Gasteiger partial charge in [-0.2, -0.15) is 0 Å². The first-order valence-corrected chi connectivity index (χ1v) is 7.06. The van der Waals surface area contributed by atoms with Crippen molar-refractivity contribution in [2.45, 2.75) is 19.8 Å². The maximum absolute atomic E-state index is 12.2. The molecule has 1 aromatic rings. The minimum Gasteiger partial charge on any atom is -0.341 e. The molecule has 1 aliphatic heterocycles. The quantitative estimate of drug-likeness (QED) is 0.894. The van der Waals surface area contributed by atoms with Crippen LogP contribution in [0.15, 0.2) is 11.4 Å². The van der Waals surface area contributed by atoms with E-state index >= 15 is 0 Å². The summed E-state index contributed by atoms with van der Waals surface area (Å²) in [4.78, 5) is 15.0. The molecule has 1 saturated heterocycles. The lowest BCUT2D eigenvalue weighted by molar-refractivity contribution is 0.0769. The van der Waals surface area contributed by atoms with Crippen LogP contribution in [0.25, 0.3) is 0 Å². The van der Waals surface area contributed by atoms with E-state index in [2.05, 4.69) is 5.32 Å². The molecule has 17 heavy (non-hydrogen) atoms. The molecule has 3 nitrogen and oxygen atoms in total. The zero-order valence-electron chi connectivity index (χ0n) is 10.5. The van der Waals surface area contributed by atoms with Crippen molar-refractivity contribution in [2.75, 3.05) is 26.7 Å². The molecular formula is C13H20N2OS. The SMILES string of the molecule is Cc1ccsc1C(=O)N(C)C[C@@H]1CCCNC1. The summed E-state index contributed by atoms with van der Waals surface area (Å²) in [7, 11) is 1.91. The van der Waals surface area contributed by atoms with Crippen LogP contribution in [0.1, 0.15) is 28.1 Å². The molecule has 0 saturated carbocycles. The molecule has 94 valence electrons. The fourth-order valence-corrected chi connectivity index (χ4v) is 3.23. The normalized spacial score (nSPS) is 20.2. The Bertz CT molecular complexity index is 383. The number of carbonyl (C=O) groups excluding carboxylic acids is 1. The van der Waals surface area contributed by atoms with Crippen molar-refractivity contribution in [1.82, 2.24) is 10.2 Å². The van der Waals surface area contributed by atoms with E-state index in [1.807, 2.05) is 30.3 Å². The first-order valence-electron chi connectivity index (χ1n) is 6.18. The summed E-state index contributed by atoms with van der Waals surface area (Å²) in [6.07, 6.45) is 2.46. The number of rotatable bonds is 3. The van der Waals surface area contributed by atoms with Crippen LogP contribution in [0.4, 0.5) is 0 Å². The molecule has 0 aromatic carbocycles. The second-order valence-electron chi connectivity index (χ2n) is 4.83. The van der Waals surface area contributed by atoms with E-state index in [1.54, 1.807) is 11.3 Å². The molecule has 4 heteroatoms. The Morgan fingerprint density at radius 3 is 3.06 bits per heavy atom. The number of hydrogen-bond donors (Lipinski definition) is 1. The Morgan fingerprint density at radius 1 is 1.65 bits per heavy atom. The minimum atomic E-state index is 0.170. The van der Waals surface area contributed by atoms with Crippen LogP contribution in [0.5, 0.6) is 0 Å². The van der Waals surface area contributed by atoms with Gasteiger partial charge < -0.3 is 10.2 Å². The standard InChI is InChI=1S/C13H20N2OS/c1-10-5-7-17-12(10)13(16)15(2)9-11-4-3-6-14-8-11/h5,7,11,14H,3-4,6,8-9H2,1-2H3/t11-/m1/s1. The van der Waals surface area contributed by atoms with Gasteiger partial charge in [-0.15, -0.1) is 11.3 Å². The van der Waals surface area contributed by atoms with E-state index in [4.69, 9.17) is 0 Å². The summed E-state index contributed by atoms with van der Waals surface area (Å²) >= 11 is 1.54. The molecular weight excluding hydrogens is 232 g/mol. The highest BCUT2D eigenvalue weighted by Crippen LogP contribution is 2.19. The number of piperidine rings is 1. The molecule has 1 aromatic heterocycles. The highest BCUT2D eigenvalue weighted by atomic mass is 32.1. The van der Waals surface area contributed by atoms with Gasteiger partial charge in [-0.1, -0.05) is 0 Å². The molecule has 0 bridgehead atoms. The molecule has 2 heterocycles. The lowest BCUT2D eigenvalue weighted by Crippen LogP contribution is -2.39. The van der Waals surface area contributed by atoms with E-state index in [-0.39, 0.29) is 5.91 Å².